The normalized spacial score (nSPS) is 11.6. The summed E-state index contributed by atoms with van der Waals surface area (Å²) in [5.74, 6) is -0.840. The van der Waals surface area contributed by atoms with E-state index in [0.29, 0.717) is 11.9 Å². The van der Waals surface area contributed by atoms with Crippen molar-refractivity contribution in [1.29, 1.82) is 0 Å². The van der Waals surface area contributed by atoms with E-state index in [4.69, 9.17) is 11.6 Å². The van der Waals surface area contributed by atoms with Gasteiger partial charge in [0, 0.05) is 30.4 Å². The van der Waals surface area contributed by atoms with Crippen molar-refractivity contribution in [3.05, 3.63) is 75.9 Å². The van der Waals surface area contributed by atoms with E-state index in [1.165, 1.54) is 47.1 Å². The number of benzene rings is 1. The van der Waals surface area contributed by atoms with Gasteiger partial charge in [-0.05, 0) is 31.2 Å². The maximum Gasteiger partial charge on any atom is 0.417 e. The van der Waals surface area contributed by atoms with Crippen molar-refractivity contribution in [2.75, 3.05) is 7.05 Å². The molecule has 0 radical (unpaired) electrons. The smallest absolute Gasteiger partial charge is 0.337 e. The predicted octanol–water partition coefficient (Wildman–Crippen LogP) is 4.66. The molecule has 0 saturated carbocycles. The van der Waals surface area contributed by atoms with E-state index < -0.39 is 23.5 Å². The van der Waals surface area contributed by atoms with E-state index in [9.17, 15) is 22.4 Å². The summed E-state index contributed by atoms with van der Waals surface area (Å²) in [7, 11) is 1.48. The molecule has 0 aliphatic heterocycles. The molecule has 0 saturated heterocycles. The molecule has 152 valence electrons. The Hall–Kier alpha value is -2.94. The molecule has 0 spiro atoms. The molecule has 1 amide bonds. The van der Waals surface area contributed by atoms with E-state index in [0.717, 1.165) is 6.07 Å². The average Bonchev–Trinajstić information content (AvgIpc) is 3.05. The van der Waals surface area contributed by atoms with Gasteiger partial charge < -0.3 is 4.90 Å². The molecular formula is C19H15ClF4N4O. The molecular weight excluding hydrogens is 412 g/mol. The Morgan fingerprint density at radius 2 is 1.93 bits per heavy atom. The Morgan fingerprint density at radius 1 is 1.21 bits per heavy atom. The number of aromatic nitrogens is 3. The van der Waals surface area contributed by atoms with Crippen LogP contribution in [0.4, 0.5) is 17.6 Å². The Balaban J connectivity index is 1.84. The zero-order valence-electron chi connectivity index (χ0n) is 15.3. The highest BCUT2D eigenvalue weighted by atomic mass is 35.5. The zero-order valence-corrected chi connectivity index (χ0v) is 16.1. The van der Waals surface area contributed by atoms with Crippen molar-refractivity contribution in [3.8, 4) is 5.82 Å². The lowest BCUT2D eigenvalue weighted by Crippen LogP contribution is -2.27. The fourth-order valence-electron chi connectivity index (χ4n) is 2.73. The van der Waals surface area contributed by atoms with Gasteiger partial charge in [0.15, 0.2) is 5.82 Å². The highest BCUT2D eigenvalue weighted by Gasteiger charge is 2.31. The van der Waals surface area contributed by atoms with Crippen LogP contribution < -0.4 is 0 Å². The van der Waals surface area contributed by atoms with Crippen LogP contribution in [0.1, 0.15) is 27.2 Å². The minimum absolute atomic E-state index is 0.0620. The largest absolute Gasteiger partial charge is 0.417 e. The first-order valence-electron chi connectivity index (χ1n) is 8.36. The first-order valence-corrected chi connectivity index (χ1v) is 8.74. The van der Waals surface area contributed by atoms with E-state index >= 15 is 0 Å². The summed E-state index contributed by atoms with van der Waals surface area (Å²) in [6, 6.07) is 6.29. The number of hydrogen-bond donors (Lipinski definition) is 0. The minimum atomic E-state index is -4.50. The van der Waals surface area contributed by atoms with Gasteiger partial charge in [0.25, 0.3) is 5.91 Å². The number of amides is 1. The molecule has 10 heteroatoms. The standard InChI is InChI=1S/C19H15ClF4N4O/c1-11-13(18(29)27(2)10-14-15(20)4-3-5-16(14)21)9-26-28(11)17-7-6-12(8-25-17)19(22,23)24/h3-9H,10H2,1-2H3. The molecule has 0 unspecified atom stereocenters. The fraction of sp³-hybridized carbons (Fsp3) is 0.211. The molecule has 3 aromatic rings. The zero-order chi connectivity index (χ0) is 21.3. The summed E-state index contributed by atoms with van der Waals surface area (Å²) < 4.78 is 53.3. The van der Waals surface area contributed by atoms with Crippen LogP contribution in [0, 0.1) is 12.7 Å². The predicted molar refractivity (Wildman–Crippen MR) is 98.3 cm³/mol. The Bertz CT molecular complexity index is 1030. The van der Waals surface area contributed by atoms with Crippen LogP contribution in [0.25, 0.3) is 5.82 Å². The summed E-state index contributed by atoms with van der Waals surface area (Å²) in [6.07, 6.45) is -2.51. The van der Waals surface area contributed by atoms with Crippen LogP contribution >= 0.6 is 11.6 Å². The van der Waals surface area contributed by atoms with Gasteiger partial charge >= 0.3 is 6.18 Å². The minimum Gasteiger partial charge on any atom is -0.337 e. The lowest BCUT2D eigenvalue weighted by Gasteiger charge is -2.18. The molecule has 0 aliphatic rings. The topological polar surface area (TPSA) is 51.0 Å². The highest BCUT2D eigenvalue weighted by Crippen LogP contribution is 2.29. The third-order valence-corrected chi connectivity index (χ3v) is 4.69. The van der Waals surface area contributed by atoms with Gasteiger partial charge in [-0.2, -0.15) is 18.3 Å². The molecule has 0 bridgehead atoms. The number of carbonyl (C=O) groups excluding carboxylic acids is 1. The summed E-state index contributed by atoms with van der Waals surface area (Å²) in [4.78, 5) is 17.8. The third-order valence-electron chi connectivity index (χ3n) is 4.34. The van der Waals surface area contributed by atoms with Crippen LogP contribution in [0.2, 0.25) is 5.02 Å². The van der Waals surface area contributed by atoms with Crippen molar-refractivity contribution < 1.29 is 22.4 Å². The molecule has 2 heterocycles. The number of hydrogen-bond acceptors (Lipinski definition) is 3. The van der Waals surface area contributed by atoms with Gasteiger partial charge in [-0.3, -0.25) is 4.79 Å². The molecule has 5 nitrogen and oxygen atoms in total. The SMILES string of the molecule is Cc1c(C(=O)N(C)Cc2c(F)cccc2Cl)cnn1-c1ccc(C(F)(F)F)cn1. The van der Waals surface area contributed by atoms with Crippen molar-refractivity contribution >= 4 is 17.5 Å². The molecule has 2 aromatic heterocycles. The number of alkyl halides is 3. The lowest BCUT2D eigenvalue weighted by molar-refractivity contribution is -0.137. The summed E-state index contributed by atoms with van der Waals surface area (Å²) >= 11 is 6.00. The lowest BCUT2D eigenvalue weighted by atomic mass is 10.1. The van der Waals surface area contributed by atoms with Gasteiger partial charge in [0.05, 0.1) is 23.0 Å². The van der Waals surface area contributed by atoms with Crippen LogP contribution in [0.15, 0.2) is 42.7 Å². The number of halogens is 5. The van der Waals surface area contributed by atoms with Crippen LogP contribution in [-0.4, -0.2) is 32.6 Å². The van der Waals surface area contributed by atoms with Crippen LogP contribution in [-0.2, 0) is 12.7 Å². The van der Waals surface area contributed by atoms with Gasteiger partial charge in [0.1, 0.15) is 5.82 Å². The van der Waals surface area contributed by atoms with Crippen molar-refractivity contribution in [3.63, 3.8) is 0 Å². The molecule has 0 N–H and O–H groups in total. The second kappa shape index (κ2) is 7.82. The van der Waals surface area contributed by atoms with Gasteiger partial charge in [-0.1, -0.05) is 17.7 Å². The molecule has 0 atom stereocenters. The molecule has 3 rings (SSSR count). The first-order chi connectivity index (χ1) is 13.6. The second-order valence-corrected chi connectivity index (χ2v) is 6.73. The maximum atomic E-state index is 14.0. The second-order valence-electron chi connectivity index (χ2n) is 6.32. The molecule has 1 aromatic carbocycles. The van der Waals surface area contributed by atoms with Crippen molar-refractivity contribution in [1.82, 2.24) is 19.7 Å². The van der Waals surface area contributed by atoms with Gasteiger partial charge in [0.2, 0.25) is 0 Å². The number of pyridine rings is 1. The Morgan fingerprint density at radius 3 is 2.52 bits per heavy atom. The van der Waals surface area contributed by atoms with Gasteiger partial charge in [-0.15, -0.1) is 0 Å². The number of carbonyl (C=O) groups is 1. The average molecular weight is 427 g/mol. The van der Waals surface area contributed by atoms with Crippen LogP contribution in [0.3, 0.4) is 0 Å². The van der Waals surface area contributed by atoms with Crippen molar-refractivity contribution in [2.45, 2.75) is 19.6 Å². The summed E-state index contributed by atoms with van der Waals surface area (Å²) in [5.41, 5.74) is -0.112. The molecule has 29 heavy (non-hydrogen) atoms. The number of nitrogens with zero attached hydrogens (tertiary/aromatic N) is 4. The maximum absolute atomic E-state index is 14.0. The fourth-order valence-corrected chi connectivity index (χ4v) is 2.95. The quantitative estimate of drug-likeness (QED) is 0.570. The molecule has 0 aliphatic carbocycles. The van der Waals surface area contributed by atoms with E-state index in [1.54, 1.807) is 6.92 Å². The third kappa shape index (κ3) is 4.24. The van der Waals surface area contributed by atoms with E-state index in [2.05, 4.69) is 10.1 Å². The van der Waals surface area contributed by atoms with E-state index in [1.807, 2.05) is 0 Å². The Labute approximate surface area is 168 Å². The first kappa shape index (κ1) is 20.8. The van der Waals surface area contributed by atoms with E-state index in [-0.39, 0.29) is 28.5 Å². The monoisotopic (exact) mass is 426 g/mol. The summed E-state index contributed by atoms with van der Waals surface area (Å²) in [6.45, 7) is 1.52. The van der Waals surface area contributed by atoms with Crippen molar-refractivity contribution in [2.24, 2.45) is 0 Å². The van der Waals surface area contributed by atoms with Gasteiger partial charge in [-0.25, -0.2) is 14.1 Å². The highest BCUT2D eigenvalue weighted by molar-refractivity contribution is 6.31. The Kier molecular flexibility index (Phi) is 5.61. The van der Waals surface area contributed by atoms with Crippen LogP contribution in [0.5, 0.6) is 0 Å². The number of rotatable bonds is 4. The molecule has 0 fully saturated rings. The summed E-state index contributed by atoms with van der Waals surface area (Å²) in [5, 5.41) is 4.25.